The van der Waals surface area contributed by atoms with Crippen LogP contribution in [0.4, 0.5) is 0 Å². The first kappa shape index (κ1) is 10.6. The third kappa shape index (κ3) is 3.14. The maximum Gasteiger partial charge on any atom is 0.102 e. The van der Waals surface area contributed by atoms with Gasteiger partial charge in [-0.05, 0) is 19.1 Å². The van der Waals surface area contributed by atoms with Crippen molar-refractivity contribution in [3.05, 3.63) is 30.1 Å². The molecule has 0 aliphatic rings. The van der Waals surface area contributed by atoms with E-state index in [9.17, 15) is 0 Å². The van der Waals surface area contributed by atoms with E-state index in [2.05, 4.69) is 10.1 Å². The van der Waals surface area contributed by atoms with E-state index in [0.717, 1.165) is 0 Å². The van der Waals surface area contributed by atoms with Crippen molar-refractivity contribution in [2.75, 3.05) is 0 Å². The molecule has 0 aliphatic carbocycles. The first-order valence-electron chi connectivity index (χ1n) is 3.94. The molecule has 0 fully saturated rings. The molecule has 0 aromatic carbocycles. The number of rotatable bonds is 1. The smallest absolute Gasteiger partial charge is 0.102 e. The number of oxime groups is 1. The average molecular weight is 166 g/mol. The second kappa shape index (κ2) is 6.34. The highest BCUT2D eigenvalue weighted by molar-refractivity contribution is 5.96. The van der Waals surface area contributed by atoms with Gasteiger partial charge >= 0.3 is 0 Å². The molecule has 66 valence electrons. The van der Waals surface area contributed by atoms with Crippen molar-refractivity contribution < 1.29 is 5.21 Å². The van der Waals surface area contributed by atoms with E-state index in [4.69, 9.17) is 5.21 Å². The lowest BCUT2D eigenvalue weighted by Crippen LogP contribution is -1.96. The molecule has 0 unspecified atom stereocenters. The predicted octanol–water partition coefficient (Wildman–Crippen LogP) is 2.31. The molecular weight excluding hydrogens is 152 g/mol. The largest absolute Gasteiger partial charge is 0.411 e. The Labute approximate surface area is 72.8 Å². The second-order valence-electron chi connectivity index (χ2n) is 1.90. The summed E-state index contributed by atoms with van der Waals surface area (Å²) in [6, 6.07) is 5.44. The van der Waals surface area contributed by atoms with Crippen molar-refractivity contribution in [2.45, 2.75) is 20.8 Å². The summed E-state index contributed by atoms with van der Waals surface area (Å²) in [5.74, 6) is 0. The molecule has 0 bridgehead atoms. The first-order chi connectivity index (χ1) is 5.84. The van der Waals surface area contributed by atoms with Crippen molar-refractivity contribution in [1.29, 1.82) is 0 Å². The molecule has 0 saturated carbocycles. The van der Waals surface area contributed by atoms with E-state index in [1.54, 1.807) is 19.2 Å². The summed E-state index contributed by atoms with van der Waals surface area (Å²) in [7, 11) is 0. The van der Waals surface area contributed by atoms with Crippen LogP contribution in [-0.2, 0) is 0 Å². The van der Waals surface area contributed by atoms with Crippen LogP contribution in [0.2, 0.25) is 0 Å². The van der Waals surface area contributed by atoms with Crippen LogP contribution in [0.25, 0.3) is 0 Å². The highest BCUT2D eigenvalue weighted by Crippen LogP contribution is 1.94. The molecule has 0 aliphatic heterocycles. The molecule has 0 spiro atoms. The summed E-state index contributed by atoms with van der Waals surface area (Å²) in [6.07, 6.45) is 1.66. The maximum atomic E-state index is 8.34. The van der Waals surface area contributed by atoms with E-state index in [1.165, 1.54) is 0 Å². The predicted molar refractivity (Wildman–Crippen MR) is 49.6 cm³/mol. The normalized spacial score (nSPS) is 10.1. The topological polar surface area (TPSA) is 45.5 Å². The summed E-state index contributed by atoms with van der Waals surface area (Å²) >= 11 is 0. The third-order valence-corrected chi connectivity index (χ3v) is 1.19. The van der Waals surface area contributed by atoms with Crippen LogP contribution in [0.15, 0.2) is 29.6 Å². The van der Waals surface area contributed by atoms with E-state index in [1.807, 2.05) is 26.0 Å². The molecule has 12 heavy (non-hydrogen) atoms. The van der Waals surface area contributed by atoms with Gasteiger partial charge in [0.15, 0.2) is 0 Å². The Hall–Kier alpha value is -1.38. The Morgan fingerprint density at radius 2 is 2.08 bits per heavy atom. The minimum Gasteiger partial charge on any atom is -0.411 e. The number of aromatic nitrogens is 1. The number of nitrogens with zero attached hydrogens (tertiary/aromatic N) is 2. The van der Waals surface area contributed by atoms with Gasteiger partial charge in [-0.25, -0.2) is 0 Å². The van der Waals surface area contributed by atoms with Gasteiger partial charge in [0, 0.05) is 6.20 Å². The van der Waals surface area contributed by atoms with Crippen molar-refractivity contribution in [2.24, 2.45) is 5.16 Å². The van der Waals surface area contributed by atoms with E-state index in [0.29, 0.717) is 11.4 Å². The zero-order chi connectivity index (χ0) is 9.40. The molecule has 0 atom stereocenters. The van der Waals surface area contributed by atoms with Crippen LogP contribution in [0.3, 0.4) is 0 Å². The van der Waals surface area contributed by atoms with Crippen LogP contribution in [-0.4, -0.2) is 15.9 Å². The molecule has 1 heterocycles. The minimum atomic E-state index is 0.528. The Morgan fingerprint density at radius 1 is 1.42 bits per heavy atom. The highest BCUT2D eigenvalue weighted by Gasteiger charge is 1.94. The Kier molecular flexibility index (Phi) is 5.61. The summed E-state index contributed by atoms with van der Waals surface area (Å²) in [4.78, 5) is 3.96. The summed E-state index contributed by atoms with van der Waals surface area (Å²) < 4.78 is 0. The molecule has 0 radical (unpaired) electrons. The SMILES string of the molecule is CC.CC(=NO)c1ccccn1. The van der Waals surface area contributed by atoms with E-state index in [-0.39, 0.29) is 0 Å². The van der Waals surface area contributed by atoms with Gasteiger partial charge in [0.1, 0.15) is 5.71 Å². The zero-order valence-electron chi connectivity index (χ0n) is 7.65. The van der Waals surface area contributed by atoms with Gasteiger partial charge in [-0.15, -0.1) is 0 Å². The lowest BCUT2D eigenvalue weighted by Gasteiger charge is -1.93. The van der Waals surface area contributed by atoms with Crippen LogP contribution < -0.4 is 0 Å². The molecule has 1 aromatic rings. The fourth-order valence-corrected chi connectivity index (χ4v) is 0.628. The van der Waals surface area contributed by atoms with Gasteiger partial charge < -0.3 is 5.21 Å². The van der Waals surface area contributed by atoms with Gasteiger partial charge in [0.2, 0.25) is 0 Å². The van der Waals surface area contributed by atoms with Crippen LogP contribution in [0.1, 0.15) is 26.5 Å². The van der Waals surface area contributed by atoms with Gasteiger partial charge in [-0.1, -0.05) is 25.1 Å². The van der Waals surface area contributed by atoms with Gasteiger partial charge in [-0.3, -0.25) is 4.98 Å². The average Bonchev–Trinajstić information content (AvgIpc) is 2.21. The number of hydrogen-bond acceptors (Lipinski definition) is 3. The van der Waals surface area contributed by atoms with Crippen molar-refractivity contribution >= 4 is 5.71 Å². The van der Waals surface area contributed by atoms with Crippen molar-refractivity contribution in [1.82, 2.24) is 4.98 Å². The fraction of sp³-hybridized carbons (Fsp3) is 0.333. The van der Waals surface area contributed by atoms with Crippen LogP contribution >= 0.6 is 0 Å². The lowest BCUT2D eigenvalue weighted by atomic mass is 10.3. The summed E-state index contributed by atoms with van der Waals surface area (Å²) in [5.41, 5.74) is 1.23. The quantitative estimate of drug-likeness (QED) is 0.395. The minimum absolute atomic E-state index is 0.528. The standard InChI is InChI=1S/C7H8N2O.C2H6/c1-6(9-10)7-4-2-3-5-8-7;1-2/h2-5,10H,1H3;1-2H3. The van der Waals surface area contributed by atoms with Gasteiger partial charge in [0.05, 0.1) is 5.69 Å². The monoisotopic (exact) mass is 166 g/mol. The third-order valence-electron chi connectivity index (χ3n) is 1.19. The Morgan fingerprint density at radius 3 is 2.50 bits per heavy atom. The van der Waals surface area contributed by atoms with Gasteiger partial charge in [-0.2, -0.15) is 0 Å². The van der Waals surface area contributed by atoms with Crippen molar-refractivity contribution in [3.8, 4) is 0 Å². The summed E-state index contributed by atoms with van der Waals surface area (Å²) in [5, 5.41) is 11.3. The second-order valence-corrected chi connectivity index (χ2v) is 1.90. The maximum absolute atomic E-state index is 8.34. The van der Waals surface area contributed by atoms with Crippen molar-refractivity contribution in [3.63, 3.8) is 0 Å². The lowest BCUT2D eigenvalue weighted by molar-refractivity contribution is 0.319. The Balaban J connectivity index is 0.000000561. The molecule has 1 N–H and O–H groups in total. The van der Waals surface area contributed by atoms with Crippen LogP contribution in [0.5, 0.6) is 0 Å². The zero-order valence-corrected chi connectivity index (χ0v) is 7.65. The fourth-order valence-electron chi connectivity index (χ4n) is 0.628. The number of pyridine rings is 1. The molecule has 3 heteroatoms. The van der Waals surface area contributed by atoms with E-state index >= 15 is 0 Å². The number of hydrogen-bond donors (Lipinski definition) is 1. The van der Waals surface area contributed by atoms with Gasteiger partial charge in [0.25, 0.3) is 0 Å². The summed E-state index contributed by atoms with van der Waals surface area (Å²) in [6.45, 7) is 5.70. The Bertz CT molecular complexity index is 232. The molecule has 0 amide bonds. The first-order valence-corrected chi connectivity index (χ1v) is 3.94. The molecule has 0 saturated heterocycles. The molecule has 3 nitrogen and oxygen atoms in total. The molecule has 1 aromatic heterocycles. The highest BCUT2D eigenvalue weighted by atomic mass is 16.4. The molecule has 1 rings (SSSR count). The van der Waals surface area contributed by atoms with Crippen LogP contribution in [0, 0.1) is 0 Å². The van der Waals surface area contributed by atoms with E-state index < -0.39 is 0 Å². The molecular formula is C9H14N2O.